The number of hydrogen-bond acceptors (Lipinski definition) is 6. The Labute approximate surface area is 375 Å². The van der Waals surface area contributed by atoms with Crippen LogP contribution in [0.5, 0.6) is 0 Å². The number of rotatable bonds is 1. The van der Waals surface area contributed by atoms with Crippen molar-refractivity contribution in [2.24, 2.45) is 0 Å². The van der Waals surface area contributed by atoms with Gasteiger partial charge in [-0.2, -0.15) is 0 Å². The van der Waals surface area contributed by atoms with Crippen LogP contribution in [0.1, 0.15) is 0 Å². The largest absolute Gasteiger partial charge is 0.324 e. The molecule has 3 aromatic heterocycles. The molecule has 66 heavy (non-hydrogen) atoms. The van der Waals surface area contributed by atoms with Gasteiger partial charge in [-0.1, -0.05) is 146 Å². The van der Waals surface area contributed by atoms with Crippen LogP contribution in [-0.2, 0) is 0 Å². The summed E-state index contributed by atoms with van der Waals surface area (Å²) >= 11 is 0. The maximum absolute atomic E-state index is 5.59. The summed E-state index contributed by atoms with van der Waals surface area (Å²) in [5.74, 6) is 2.29. The highest BCUT2D eigenvalue weighted by molar-refractivity contribution is 6.18. The molecule has 0 spiro atoms. The summed E-state index contributed by atoms with van der Waals surface area (Å²) in [5, 5.41) is 15.6. The molecule has 0 unspecified atom stereocenters. The lowest BCUT2D eigenvalue weighted by molar-refractivity contribution is 1.10. The van der Waals surface area contributed by atoms with Crippen LogP contribution < -0.4 is 0 Å². The molecule has 10 aromatic carbocycles. The molecule has 304 valence electrons. The second-order valence-electron chi connectivity index (χ2n) is 17.2. The van der Waals surface area contributed by atoms with Gasteiger partial charge in [-0.15, -0.1) is 0 Å². The Kier molecular flexibility index (Phi) is 7.07. The molecule has 15 rings (SSSR count). The number of nitrogens with one attached hydrogen (secondary N) is 1. The Bertz CT molecular complexity index is 4320. The van der Waals surface area contributed by atoms with Crippen LogP contribution in [-0.4, -0.2) is 39.5 Å². The number of fused-ring (bicyclic) bond motifs is 26. The van der Waals surface area contributed by atoms with E-state index in [0.29, 0.717) is 45.9 Å². The third-order valence-corrected chi connectivity index (χ3v) is 13.5. The molecule has 0 aliphatic carbocycles. The Balaban J connectivity index is 1.11. The van der Waals surface area contributed by atoms with E-state index < -0.39 is 0 Å². The Morgan fingerprint density at radius 2 is 0.682 bits per heavy atom. The molecule has 0 fully saturated rings. The van der Waals surface area contributed by atoms with E-state index in [-0.39, 0.29) is 0 Å². The van der Waals surface area contributed by atoms with E-state index in [4.69, 9.17) is 29.9 Å². The van der Waals surface area contributed by atoms with Crippen LogP contribution in [0.3, 0.4) is 0 Å². The van der Waals surface area contributed by atoms with Crippen LogP contribution in [0.4, 0.5) is 0 Å². The average molecular weight is 841 g/mol. The number of benzene rings is 10. The second kappa shape index (κ2) is 13.2. The van der Waals surface area contributed by atoms with E-state index in [1.165, 1.54) is 43.1 Å². The summed E-state index contributed by atoms with van der Waals surface area (Å²) in [6.45, 7) is 0. The second-order valence-corrected chi connectivity index (χ2v) is 17.2. The molecule has 13 aromatic rings. The highest BCUT2D eigenvalue weighted by Crippen LogP contribution is 2.41. The molecule has 8 nitrogen and oxygen atoms in total. The quantitative estimate of drug-likeness (QED) is 0.131. The molecule has 8 heteroatoms. The first-order chi connectivity index (χ1) is 32.7. The third kappa shape index (κ3) is 5.09. The fraction of sp³-hybridized carbons (Fsp3) is 0. The van der Waals surface area contributed by atoms with Crippen molar-refractivity contribution in [2.75, 3.05) is 0 Å². The number of aromatic amines is 1. The van der Waals surface area contributed by atoms with Gasteiger partial charge in [0.2, 0.25) is 0 Å². The Morgan fingerprint density at radius 3 is 1.24 bits per heavy atom. The monoisotopic (exact) mass is 840 g/mol. The summed E-state index contributed by atoms with van der Waals surface area (Å²) in [5.41, 5.74) is 7.31. The first-order valence-corrected chi connectivity index (χ1v) is 22.1. The van der Waals surface area contributed by atoms with Crippen molar-refractivity contribution in [3.8, 4) is 51.2 Å². The van der Waals surface area contributed by atoms with Crippen molar-refractivity contribution in [3.63, 3.8) is 0 Å². The highest BCUT2D eigenvalue weighted by atomic mass is 15.1. The van der Waals surface area contributed by atoms with Gasteiger partial charge in [0.05, 0.1) is 5.69 Å². The third-order valence-electron chi connectivity index (χ3n) is 13.5. The van der Waals surface area contributed by atoms with Crippen LogP contribution in [0.25, 0.3) is 149 Å². The molecule has 0 radical (unpaired) electrons. The summed E-state index contributed by atoms with van der Waals surface area (Å²) in [6.07, 6.45) is 0. The van der Waals surface area contributed by atoms with E-state index in [1.807, 2.05) is 36.4 Å². The zero-order chi connectivity index (χ0) is 43.0. The van der Waals surface area contributed by atoms with Gasteiger partial charge in [-0.3, -0.25) is 4.57 Å². The van der Waals surface area contributed by atoms with Crippen LogP contribution in [0, 0.1) is 0 Å². The van der Waals surface area contributed by atoms with E-state index in [0.717, 1.165) is 60.3 Å². The predicted molar refractivity (Wildman–Crippen MR) is 269 cm³/mol. The average Bonchev–Trinajstić information content (AvgIpc) is 4.09. The summed E-state index contributed by atoms with van der Waals surface area (Å²) < 4.78 is 2.21. The molecule has 0 saturated carbocycles. The van der Waals surface area contributed by atoms with Crippen molar-refractivity contribution in [1.82, 2.24) is 39.5 Å². The molecule has 0 atom stereocenters. The molecular formula is C58H32N8. The van der Waals surface area contributed by atoms with Gasteiger partial charge < -0.3 is 4.98 Å². The zero-order valence-corrected chi connectivity index (χ0v) is 35.0. The van der Waals surface area contributed by atoms with Crippen LogP contribution >= 0.6 is 0 Å². The minimum Gasteiger partial charge on any atom is -0.324 e. The smallest absolute Gasteiger partial charge is 0.164 e. The lowest BCUT2D eigenvalue weighted by Gasteiger charge is -2.13. The van der Waals surface area contributed by atoms with Gasteiger partial charge in [0, 0.05) is 49.2 Å². The minimum atomic E-state index is 0.573. The number of nitrogens with zero attached hydrogens (tertiary/aromatic N) is 7. The lowest BCUT2D eigenvalue weighted by atomic mass is 9.94. The first-order valence-electron chi connectivity index (χ1n) is 22.1. The molecule has 5 heterocycles. The maximum atomic E-state index is 5.59. The van der Waals surface area contributed by atoms with Crippen LogP contribution in [0.15, 0.2) is 188 Å². The van der Waals surface area contributed by atoms with E-state index in [9.17, 15) is 0 Å². The van der Waals surface area contributed by atoms with Crippen molar-refractivity contribution in [2.45, 2.75) is 0 Å². The highest BCUT2D eigenvalue weighted by Gasteiger charge is 2.24. The minimum absolute atomic E-state index is 0.573. The van der Waals surface area contributed by atoms with Gasteiger partial charge in [-0.25, -0.2) is 29.9 Å². The number of aromatic nitrogens is 8. The molecule has 8 bridgehead atoms. The van der Waals surface area contributed by atoms with Gasteiger partial charge in [0.1, 0.15) is 22.6 Å². The van der Waals surface area contributed by atoms with Gasteiger partial charge in [-0.05, 0) is 90.9 Å². The first kappa shape index (κ1) is 35.3. The van der Waals surface area contributed by atoms with Gasteiger partial charge >= 0.3 is 0 Å². The number of H-pyrrole nitrogens is 1. The molecule has 2 aliphatic rings. The Hall–Kier alpha value is -9.14. The molecule has 1 N–H and O–H groups in total. The van der Waals surface area contributed by atoms with Crippen LogP contribution in [0.2, 0.25) is 0 Å². The summed E-state index contributed by atoms with van der Waals surface area (Å²) in [4.78, 5) is 35.6. The fourth-order valence-corrected chi connectivity index (χ4v) is 10.4. The zero-order valence-electron chi connectivity index (χ0n) is 35.0. The van der Waals surface area contributed by atoms with Crippen molar-refractivity contribution < 1.29 is 0 Å². The summed E-state index contributed by atoms with van der Waals surface area (Å²) in [7, 11) is 0. The van der Waals surface area contributed by atoms with E-state index in [2.05, 4.69) is 161 Å². The van der Waals surface area contributed by atoms with Gasteiger partial charge in [0.25, 0.3) is 0 Å². The topological polar surface area (TPSA) is 98.1 Å². The molecule has 2 aliphatic heterocycles. The van der Waals surface area contributed by atoms with Crippen molar-refractivity contribution in [3.05, 3.63) is 188 Å². The maximum Gasteiger partial charge on any atom is 0.164 e. The SMILES string of the molecule is c1ccc2c(c1)-c1nc-2nc2c3ccccc3c(nc3nc(nc4[nH]c(n1)c1ccccc41)-c1ccccc1-3)n2-c1cccc2cc3ccc4cc5cc6ccccc6cc5cc4c3cc12. The summed E-state index contributed by atoms with van der Waals surface area (Å²) in [6, 6.07) is 66.5. The van der Waals surface area contributed by atoms with E-state index >= 15 is 0 Å². The predicted octanol–water partition coefficient (Wildman–Crippen LogP) is 14.1. The van der Waals surface area contributed by atoms with Gasteiger partial charge in [0.15, 0.2) is 23.3 Å². The fourth-order valence-electron chi connectivity index (χ4n) is 10.4. The van der Waals surface area contributed by atoms with Crippen molar-refractivity contribution >= 4 is 98.0 Å². The molecular weight excluding hydrogens is 809 g/mol. The number of hydrogen-bond donors (Lipinski definition) is 1. The molecule has 0 amide bonds. The lowest BCUT2D eigenvalue weighted by Crippen LogP contribution is -1.99. The van der Waals surface area contributed by atoms with E-state index in [1.54, 1.807) is 0 Å². The standard InChI is InChI=1S/C58H32N8/c1-2-13-33-27-38-30-47-36(29-37(38)26-32(33)12-1)25-24-35-28-34-14-11-23-50(49(34)31-48(35)47)66-57-45-21-9-10-22-46(45)58(66)65-56-44-20-8-6-18-42(44)54(63-56)61-52-40-16-4-3-15-39(40)51(59-52)60-53-41-17-5-7-19-43(41)55(62-53)64-57/h1-31H,(H,59,60,61,62,63,64,65). The molecule has 0 saturated heterocycles. The van der Waals surface area contributed by atoms with Crippen molar-refractivity contribution in [1.29, 1.82) is 0 Å². The normalized spacial score (nSPS) is 12.2. The Morgan fingerprint density at radius 1 is 0.273 bits per heavy atom.